The molecule has 2 heterocycles. The van der Waals surface area contributed by atoms with Crippen molar-refractivity contribution in [2.75, 3.05) is 71.4 Å². The van der Waals surface area contributed by atoms with Gasteiger partial charge in [0, 0.05) is 52.5 Å². The molecule has 1 aliphatic heterocycles. The fraction of sp³-hybridized carbons (Fsp3) is 0.632. The van der Waals surface area contributed by atoms with E-state index in [2.05, 4.69) is 27.8 Å². The van der Waals surface area contributed by atoms with Crippen molar-refractivity contribution in [3.05, 3.63) is 23.4 Å². The van der Waals surface area contributed by atoms with Crippen molar-refractivity contribution in [3.63, 3.8) is 0 Å². The van der Waals surface area contributed by atoms with Gasteiger partial charge in [0.25, 0.3) is 0 Å². The van der Waals surface area contributed by atoms with Gasteiger partial charge in [0.2, 0.25) is 5.91 Å². The standard InChI is InChI=1S/C19H30N6O/c1-5-22(3)15-18(26)23(4)6-7-24-8-10-25(11-9-24)19-16(2)12-17(13-20)14-21-19/h12,14H,5-11,15H2,1-4H3. The summed E-state index contributed by atoms with van der Waals surface area (Å²) >= 11 is 0. The Hall–Kier alpha value is -2.17. The predicted octanol–water partition coefficient (Wildman–Crippen LogP) is 0.794. The molecule has 1 aromatic heterocycles. The Morgan fingerprint density at radius 3 is 2.58 bits per heavy atom. The Labute approximate surface area is 156 Å². The third kappa shape index (κ3) is 5.41. The molecule has 7 heteroatoms. The van der Waals surface area contributed by atoms with Gasteiger partial charge in [-0.1, -0.05) is 6.92 Å². The molecule has 26 heavy (non-hydrogen) atoms. The molecule has 0 aliphatic carbocycles. The van der Waals surface area contributed by atoms with E-state index in [-0.39, 0.29) is 5.91 Å². The number of hydrogen-bond acceptors (Lipinski definition) is 6. The maximum atomic E-state index is 12.1. The third-order valence-corrected chi connectivity index (χ3v) is 4.97. The lowest BCUT2D eigenvalue weighted by molar-refractivity contribution is -0.130. The molecule has 0 N–H and O–H groups in total. The van der Waals surface area contributed by atoms with Crippen LogP contribution in [-0.4, -0.2) is 92.0 Å². The van der Waals surface area contributed by atoms with Gasteiger partial charge in [0.1, 0.15) is 11.9 Å². The topological polar surface area (TPSA) is 66.7 Å². The first-order valence-corrected chi connectivity index (χ1v) is 9.21. The molecule has 0 atom stereocenters. The first-order chi connectivity index (χ1) is 12.4. The number of aromatic nitrogens is 1. The van der Waals surface area contributed by atoms with Crippen molar-refractivity contribution in [1.29, 1.82) is 5.26 Å². The largest absolute Gasteiger partial charge is 0.354 e. The van der Waals surface area contributed by atoms with E-state index < -0.39 is 0 Å². The Morgan fingerprint density at radius 1 is 1.31 bits per heavy atom. The fourth-order valence-corrected chi connectivity index (χ4v) is 3.02. The van der Waals surface area contributed by atoms with Crippen LogP contribution >= 0.6 is 0 Å². The van der Waals surface area contributed by atoms with Gasteiger partial charge in [-0.15, -0.1) is 0 Å². The molecule has 0 unspecified atom stereocenters. The van der Waals surface area contributed by atoms with E-state index >= 15 is 0 Å². The average Bonchev–Trinajstić information content (AvgIpc) is 2.66. The van der Waals surface area contributed by atoms with E-state index in [1.165, 1.54) is 0 Å². The molecule has 1 saturated heterocycles. The zero-order valence-electron chi connectivity index (χ0n) is 16.4. The minimum atomic E-state index is 0.172. The van der Waals surface area contributed by atoms with Gasteiger partial charge >= 0.3 is 0 Å². The maximum absolute atomic E-state index is 12.1. The Morgan fingerprint density at radius 2 is 2.00 bits per heavy atom. The van der Waals surface area contributed by atoms with Crippen LogP contribution in [0.15, 0.2) is 12.3 Å². The van der Waals surface area contributed by atoms with E-state index in [1.807, 2.05) is 36.9 Å². The van der Waals surface area contributed by atoms with Crippen LogP contribution in [0.1, 0.15) is 18.1 Å². The summed E-state index contributed by atoms with van der Waals surface area (Å²) in [6, 6.07) is 4.02. The molecule has 2 rings (SSSR count). The lowest BCUT2D eigenvalue weighted by Gasteiger charge is -2.36. The second-order valence-electron chi connectivity index (χ2n) is 6.95. The van der Waals surface area contributed by atoms with Crippen molar-refractivity contribution in [2.24, 2.45) is 0 Å². The maximum Gasteiger partial charge on any atom is 0.236 e. The lowest BCUT2D eigenvalue weighted by Crippen LogP contribution is -2.49. The SMILES string of the molecule is CCN(C)CC(=O)N(C)CCN1CCN(c2ncc(C#N)cc2C)CC1. The molecule has 1 fully saturated rings. The molecule has 1 aliphatic rings. The summed E-state index contributed by atoms with van der Waals surface area (Å²) in [7, 11) is 3.84. The van der Waals surface area contributed by atoms with Crippen LogP contribution < -0.4 is 4.90 Å². The minimum absolute atomic E-state index is 0.172. The molecule has 1 amide bonds. The molecule has 0 aromatic carbocycles. The summed E-state index contributed by atoms with van der Waals surface area (Å²) in [4.78, 5) is 25.1. The summed E-state index contributed by atoms with van der Waals surface area (Å²) in [5.41, 5.74) is 1.65. The number of amides is 1. The number of nitriles is 1. The van der Waals surface area contributed by atoms with Crippen LogP contribution in [0.4, 0.5) is 5.82 Å². The lowest BCUT2D eigenvalue weighted by atomic mass is 10.2. The van der Waals surface area contributed by atoms with Gasteiger partial charge in [0.05, 0.1) is 12.1 Å². The third-order valence-electron chi connectivity index (χ3n) is 4.97. The fourth-order valence-electron chi connectivity index (χ4n) is 3.02. The van der Waals surface area contributed by atoms with E-state index in [0.717, 1.165) is 57.2 Å². The van der Waals surface area contributed by atoms with Crippen molar-refractivity contribution >= 4 is 11.7 Å². The van der Waals surface area contributed by atoms with Crippen LogP contribution in [-0.2, 0) is 4.79 Å². The molecule has 7 nitrogen and oxygen atoms in total. The highest BCUT2D eigenvalue weighted by atomic mass is 16.2. The Bertz CT molecular complexity index is 648. The molecule has 142 valence electrons. The van der Waals surface area contributed by atoms with Crippen LogP contribution in [0.3, 0.4) is 0 Å². The molecular weight excluding hydrogens is 328 g/mol. The zero-order valence-corrected chi connectivity index (χ0v) is 16.4. The number of likely N-dealkylation sites (N-methyl/N-ethyl adjacent to an activating group) is 2. The molecule has 1 aromatic rings. The molecular formula is C19H30N6O. The van der Waals surface area contributed by atoms with Gasteiger partial charge < -0.3 is 9.80 Å². The van der Waals surface area contributed by atoms with Crippen molar-refractivity contribution in [3.8, 4) is 6.07 Å². The summed E-state index contributed by atoms with van der Waals surface area (Å²) in [5.74, 6) is 1.14. The van der Waals surface area contributed by atoms with Crippen molar-refractivity contribution in [1.82, 2.24) is 19.7 Å². The molecule has 0 saturated carbocycles. The van der Waals surface area contributed by atoms with Crippen molar-refractivity contribution in [2.45, 2.75) is 13.8 Å². The highest BCUT2D eigenvalue weighted by molar-refractivity contribution is 5.77. The second-order valence-corrected chi connectivity index (χ2v) is 6.95. The number of pyridine rings is 1. The smallest absolute Gasteiger partial charge is 0.236 e. The summed E-state index contributed by atoms with van der Waals surface area (Å²) in [6.45, 7) is 10.8. The first-order valence-electron chi connectivity index (χ1n) is 9.21. The quantitative estimate of drug-likeness (QED) is 0.718. The number of rotatable bonds is 7. The van der Waals surface area contributed by atoms with Gasteiger partial charge in [0.15, 0.2) is 0 Å². The van der Waals surface area contributed by atoms with Crippen LogP contribution in [0.2, 0.25) is 0 Å². The van der Waals surface area contributed by atoms with E-state index in [1.54, 1.807) is 6.20 Å². The zero-order chi connectivity index (χ0) is 19.1. The number of hydrogen-bond donors (Lipinski definition) is 0. The molecule has 0 spiro atoms. The van der Waals surface area contributed by atoms with Gasteiger partial charge in [-0.2, -0.15) is 5.26 Å². The number of piperazine rings is 1. The number of nitrogens with zero attached hydrogens (tertiary/aromatic N) is 6. The number of anilines is 1. The highest BCUT2D eigenvalue weighted by Crippen LogP contribution is 2.19. The second kappa shape index (κ2) is 9.51. The number of carbonyl (C=O) groups excluding carboxylic acids is 1. The average molecular weight is 358 g/mol. The van der Waals surface area contributed by atoms with Gasteiger partial charge in [-0.3, -0.25) is 14.6 Å². The number of carbonyl (C=O) groups is 1. The van der Waals surface area contributed by atoms with Gasteiger partial charge in [-0.25, -0.2) is 4.98 Å². The number of aryl methyl sites for hydroxylation is 1. The monoisotopic (exact) mass is 358 g/mol. The summed E-state index contributed by atoms with van der Waals surface area (Å²) in [6.07, 6.45) is 1.64. The predicted molar refractivity (Wildman–Crippen MR) is 103 cm³/mol. The van der Waals surface area contributed by atoms with Crippen LogP contribution in [0.25, 0.3) is 0 Å². The van der Waals surface area contributed by atoms with Crippen molar-refractivity contribution < 1.29 is 4.79 Å². The normalized spacial score (nSPS) is 15.2. The molecule has 0 bridgehead atoms. The Balaban J connectivity index is 1.78. The first kappa shape index (κ1) is 20.1. The van der Waals surface area contributed by atoms with E-state index in [0.29, 0.717) is 12.1 Å². The van der Waals surface area contributed by atoms with Crippen LogP contribution in [0, 0.1) is 18.3 Å². The summed E-state index contributed by atoms with van der Waals surface area (Å²) < 4.78 is 0. The Kier molecular flexibility index (Phi) is 7.37. The van der Waals surface area contributed by atoms with E-state index in [9.17, 15) is 4.79 Å². The minimum Gasteiger partial charge on any atom is -0.354 e. The van der Waals surface area contributed by atoms with Gasteiger partial charge in [-0.05, 0) is 32.1 Å². The molecule has 0 radical (unpaired) electrons. The summed E-state index contributed by atoms with van der Waals surface area (Å²) in [5, 5.41) is 8.96. The highest BCUT2D eigenvalue weighted by Gasteiger charge is 2.20. The van der Waals surface area contributed by atoms with Crippen LogP contribution in [0.5, 0.6) is 0 Å². The van der Waals surface area contributed by atoms with E-state index in [4.69, 9.17) is 5.26 Å².